The van der Waals surface area contributed by atoms with Crippen LogP contribution in [0.25, 0.3) is 11.3 Å². The fourth-order valence-corrected chi connectivity index (χ4v) is 5.31. The third-order valence-electron chi connectivity index (χ3n) is 6.95. The Kier molecular flexibility index (Phi) is 10.4. The number of carbonyl (C=O) groups excluding carboxylic acids is 1. The van der Waals surface area contributed by atoms with Crippen molar-refractivity contribution in [3.8, 4) is 17.0 Å². The van der Waals surface area contributed by atoms with Gasteiger partial charge < -0.3 is 19.7 Å². The van der Waals surface area contributed by atoms with Gasteiger partial charge in [-0.05, 0) is 32.6 Å². The van der Waals surface area contributed by atoms with Gasteiger partial charge in [0, 0.05) is 54.8 Å². The minimum absolute atomic E-state index is 0.0139. The third kappa shape index (κ3) is 8.12. The maximum atomic E-state index is 13.4. The predicted octanol–water partition coefficient (Wildman–Crippen LogP) is 4.14. The SMILES string of the molecule is CCn1nc(C(=O)NCC2(O)CCC(NS(=O)[O-])CC2)c(Cl)c1-c1cnc(CC(C)(C)C(F)(F)F)cc1OC(F)F. The Morgan fingerprint density at radius 2 is 1.98 bits per heavy atom. The van der Waals surface area contributed by atoms with E-state index in [0.717, 1.165) is 26.1 Å². The number of halogens is 6. The molecule has 0 bridgehead atoms. The third-order valence-corrected chi connectivity index (χ3v) is 7.83. The minimum atomic E-state index is -4.58. The van der Waals surface area contributed by atoms with Gasteiger partial charge in [0.1, 0.15) is 5.75 Å². The highest BCUT2D eigenvalue weighted by atomic mass is 35.5. The van der Waals surface area contributed by atoms with Crippen LogP contribution in [0.4, 0.5) is 22.0 Å². The van der Waals surface area contributed by atoms with Crippen molar-refractivity contribution in [2.45, 2.75) is 83.9 Å². The Morgan fingerprint density at radius 3 is 2.51 bits per heavy atom. The number of amides is 1. The summed E-state index contributed by atoms with van der Waals surface area (Å²) in [6.07, 6.45) is -3.02. The van der Waals surface area contributed by atoms with Gasteiger partial charge in [-0.15, -0.1) is 0 Å². The van der Waals surface area contributed by atoms with Gasteiger partial charge in [0.05, 0.1) is 27.3 Å². The first-order chi connectivity index (χ1) is 19.0. The summed E-state index contributed by atoms with van der Waals surface area (Å²) in [5.41, 5.74) is -4.06. The summed E-state index contributed by atoms with van der Waals surface area (Å²) in [5, 5.41) is 17.3. The molecule has 0 aromatic carbocycles. The number of aryl methyl sites for hydroxylation is 1. The van der Waals surface area contributed by atoms with E-state index in [1.807, 2.05) is 0 Å². The van der Waals surface area contributed by atoms with E-state index in [9.17, 15) is 40.6 Å². The molecule has 1 unspecified atom stereocenters. The van der Waals surface area contributed by atoms with Gasteiger partial charge in [-0.25, -0.2) is 4.72 Å². The zero-order valence-corrected chi connectivity index (χ0v) is 23.9. The predicted molar refractivity (Wildman–Crippen MR) is 138 cm³/mol. The second-order valence-corrected chi connectivity index (χ2v) is 11.6. The Bertz CT molecular complexity index is 1270. The van der Waals surface area contributed by atoms with Gasteiger partial charge in [0.25, 0.3) is 5.91 Å². The number of rotatable bonds is 11. The van der Waals surface area contributed by atoms with E-state index in [2.05, 4.69) is 24.9 Å². The molecule has 0 radical (unpaired) electrons. The summed E-state index contributed by atoms with van der Waals surface area (Å²) in [6, 6.07) is 0.645. The average Bonchev–Trinajstić information content (AvgIpc) is 3.19. The first-order valence-electron chi connectivity index (χ1n) is 12.6. The summed E-state index contributed by atoms with van der Waals surface area (Å²) in [7, 11) is 0. The van der Waals surface area contributed by atoms with Gasteiger partial charge in [0.2, 0.25) is 0 Å². The molecule has 3 N–H and O–H groups in total. The number of aromatic nitrogens is 3. The molecule has 1 fully saturated rings. The molecule has 230 valence electrons. The van der Waals surface area contributed by atoms with E-state index in [-0.39, 0.29) is 59.6 Å². The lowest BCUT2D eigenvalue weighted by Gasteiger charge is -2.36. The van der Waals surface area contributed by atoms with Crippen molar-refractivity contribution >= 4 is 28.8 Å². The highest BCUT2D eigenvalue weighted by molar-refractivity contribution is 7.77. The summed E-state index contributed by atoms with van der Waals surface area (Å²) in [5.74, 6) is -1.27. The van der Waals surface area contributed by atoms with Crippen LogP contribution in [-0.2, 0) is 24.2 Å². The number of nitrogens with zero attached hydrogens (tertiary/aromatic N) is 3. The number of hydrogen-bond donors (Lipinski definition) is 3. The van der Waals surface area contributed by atoms with Crippen LogP contribution >= 0.6 is 11.6 Å². The second-order valence-electron chi connectivity index (χ2n) is 10.5. The van der Waals surface area contributed by atoms with Crippen LogP contribution in [0, 0.1) is 5.41 Å². The van der Waals surface area contributed by atoms with Crippen LogP contribution < -0.4 is 14.8 Å². The van der Waals surface area contributed by atoms with E-state index >= 15 is 0 Å². The van der Waals surface area contributed by atoms with Crippen LogP contribution in [-0.4, -0.2) is 65.5 Å². The van der Waals surface area contributed by atoms with Crippen LogP contribution in [0.15, 0.2) is 12.3 Å². The fraction of sp³-hybridized carbons (Fsp3) is 0.625. The zero-order chi connectivity index (χ0) is 30.8. The van der Waals surface area contributed by atoms with Crippen molar-refractivity contribution in [3.63, 3.8) is 0 Å². The normalized spacial score (nSPS) is 20.7. The monoisotopic (exact) mass is 630 g/mol. The smallest absolute Gasteiger partial charge is 0.394 e. The molecule has 1 aliphatic carbocycles. The van der Waals surface area contributed by atoms with Crippen LogP contribution in [0.3, 0.4) is 0 Å². The molecule has 41 heavy (non-hydrogen) atoms. The van der Waals surface area contributed by atoms with Gasteiger partial charge in [-0.2, -0.15) is 27.1 Å². The Labute approximate surface area is 240 Å². The second kappa shape index (κ2) is 12.9. The Balaban J connectivity index is 1.86. The summed E-state index contributed by atoms with van der Waals surface area (Å²) < 4.78 is 96.6. The maximum Gasteiger partial charge on any atom is 0.394 e. The average molecular weight is 631 g/mol. The molecule has 1 aliphatic rings. The standard InChI is InChI=1S/C24H31ClF5N5O5S/c1-4-35-19(15-11-31-14(9-16(15)40-21(26)27)10-22(2,3)24(28,29)30)17(25)18(33-35)20(36)32-12-23(37)7-5-13(6-8-23)34-41(38)39/h9,11,13,21,34,37H,4-8,10,12H2,1-3H3,(H,32,36)(H,38,39)/p-1. The molecular formula is C24H30ClF5N5O5S-. The highest BCUT2D eigenvalue weighted by Crippen LogP contribution is 2.42. The minimum Gasteiger partial charge on any atom is -0.760 e. The van der Waals surface area contributed by atoms with Gasteiger partial charge in [0.15, 0.2) is 5.69 Å². The molecule has 2 aromatic heterocycles. The summed E-state index contributed by atoms with van der Waals surface area (Å²) in [6.45, 7) is 0.169. The van der Waals surface area contributed by atoms with Gasteiger partial charge in [-0.3, -0.25) is 18.7 Å². The molecule has 0 spiro atoms. The molecule has 0 saturated heterocycles. The van der Waals surface area contributed by atoms with Crippen molar-refractivity contribution < 1.29 is 45.4 Å². The quantitative estimate of drug-likeness (QED) is 0.250. The lowest BCUT2D eigenvalue weighted by molar-refractivity contribution is -0.211. The molecule has 0 aliphatic heterocycles. The number of alkyl halides is 5. The Morgan fingerprint density at radius 1 is 1.34 bits per heavy atom. The van der Waals surface area contributed by atoms with Crippen molar-refractivity contribution in [3.05, 3.63) is 28.7 Å². The van der Waals surface area contributed by atoms with Crippen molar-refractivity contribution in [2.75, 3.05) is 6.54 Å². The topological polar surface area (TPSA) is 141 Å². The molecule has 2 heterocycles. The molecule has 1 amide bonds. The lowest BCUT2D eigenvalue weighted by atomic mass is 9.82. The van der Waals surface area contributed by atoms with Crippen LogP contribution in [0.2, 0.25) is 5.02 Å². The van der Waals surface area contributed by atoms with Crippen LogP contribution in [0.5, 0.6) is 5.75 Å². The fourth-order valence-electron chi connectivity index (χ4n) is 4.48. The molecule has 10 nitrogen and oxygen atoms in total. The molecule has 1 atom stereocenters. The van der Waals surface area contributed by atoms with Gasteiger partial charge in [-0.1, -0.05) is 25.4 Å². The van der Waals surface area contributed by atoms with Crippen LogP contribution in [0.1, 0.15) is 62.6 Å². The Hall–Kier alpha value is -2.40. The first kappa shape index (κ1) is 33.1. The number of nitrogens with one attached hydrogen (secondary N) is 2. The number of pyridine rings is 1. The number of hydrogen-bond acceptors (Lipinski definition) is 7. The largest absolute Gasteiger partial charge is 0.760 e. The summed E-state index contributed by atoms with van der Waals surface area (Å²) in [4.78, 5) is 17.0. The van der Waals surface area contributed by atoms with Gasteiger partial charge >= 0.3 is 12.8 Å². The van der Waals surface area contributed by atoms with E-state index in [4.69, 9.17) is 11.6 Å². The van der Waals surface area contributed by atoms with E-state index in [1.54, 1.807) is 6.92 Å². The molecule has 17 heteroatoms. The van der Waals surface area contributed by atoms with E-state index in [1.165, 1.54) is 4.68 Å². The van der Waals surface area contributed by atoms with Crippen molar-refractivity contribution in [1.29, 1.82) is 0 Å². The first-order valence-corrected chi connectivity index (χ1v) is 14.0. The maximum absolute atomic E-state index is 13.4. The lowest BCUT2D eigenvalue weighted by Crippen LogP contribution is -2.48. The molecule has 3 rings (SSSR count). The summed E-state index contributed by atoms with van der Waals surface area (Å²) >= 11 is 4.05. The molecule has 1 saturated carbocycles. The van der Waals surface area contributed by atoms with Crippen molar-refractivity contribution in [1.82, 2.24) is 24.8 Å². The number of ether oxygens (including phenoxy) is 1. The highest BCUT2D eigenvalue weighted by Gasteiger charge is 2.47. The molecular weight excluding hydrogens is 601 g/mol. The number of carbonyl (C=O) groups is 1. The number of aliphatic hydroxyl groups is 1. The molecule has 2 aromatic rings. The zero-order valence-electron chi connectivity index (χ0n) is 22.4. The van der Waals surface area contributed by atoms with E-state index < -0.39 is 53.1 Å². The van der Waals surface area contributed by atoms with E-state index in [0.29, 0.717) is 12.8 Å². The van der Waals surface area contributed by atoms with Crippen molar-refractivity contribution in [2.24, 2.45) is 5.41 Å².